The highest BCUT2D eigenvalue weighted by molar-refractivity contribution is 5.93. The van der Waals surface area contributed by atoms with Crippen LogP contribution in [0.25, 0.3) is 0 Å². The monoisotopic (exact) mass is 573 g/mol. The number of nitrogens with one attached hydrogen (secondary N) is 2. The van der Waals surface area contributed by atoms with Crippen molar-refractivity contribution in [1.29, 1.82) is 0 Å². The number of methoxy groups -OCH3 is 1. The first kappa shape index (κ1) is 35.4. The minimum Gasteiger partial charge on any atom is -0.496 e. The second-order valence-corrected chi connectivity index (χ2v) is 10.9. The summed E-state index contributed by atoms with van der Waals surface area (Å²) < 4.78 is 15.8. The lowest BCUT2D eigenvalue weighted by atomic mass is 9.86. The van der Waals surface area contributed by atoms with Crippen molar-refractivity contribution in [2.75, 3.05) is 7.11 Å². The van der Waals surface area contributed by atoms with Gasteiger partial charge in [0.05, 0.1) is 13.2 Å². The lowest BCUT2D eigenvalue weighted by Gasteiger charge is -2.29. The van der Waals surface area contributed by atoms with Gasteiger partial charge in [0, 0.05) is 24.8 Å². The Balaban J connectivity index is 2.68. The number of aliphatic hydroxyl groups is 1. The van der Waals surface area contributed by atoms with Gasteiger partial charge in [-0.3, -0.25) is 9.59 Å². The molecule has 10 nitrogen and oxygen atoms in total. The quantitative estimate of drug-likeness (QED) is 0.137. The van der Waals surface area contributed by atoms with E-state index in [0.717, 1.165) is 5.57 Å². The number of hydrogen-bond acceptors (Lipinski definition) is 7. The molecular weight excluding hydrogens is 526 g/mol. The van der Waals surface area contributed by atoms with Gasteiger partial charge < -0.3 is 35.7 Å². The van der Waals surface area contributed by atoms with Gasteiger partial charge in [0.25, 0.3) is 0 Å². The molecule has 5 atom stereocenters. The summed E-state index contributed by atoms with van der Waals surface area (Å²) in [6, 6.07) is -0.796. The van der Waals surface area contributed by atoms with E-state index in [2.05, 4.69) is 10.6 Å². The van der Waals surface area contributed by atoms with Gasteiger partial charge in [-0.1, -0.05) is 75.8 Å². The Morgan fingerprint density at radius 3 is 2.44 bits per heavy atom. The molecule has 228 valence electrons. The Hall–Kier alpha value is -3.63. The van der Waals surface area contributed by atoms with E-state index in [1.165, 1.54) is 19.4 Å². The number of rotatable bonds is 14. The van der Waals surface area contributed by atoms with Crippen LogP contribution in [-0.4, -0.2) is 54.7 Å². The maximum atomic E-state index is 12.9. The third-order valence-corrected chi connectivity index (χ3v) is 6.24. The first-order valence-corrected chi connectivity index (χ1v) is 13.7. The fourth-order valence-electron chi connectivity index (χ4n) is 4.03. The first-order valence-electron chi connectivity index (χ1n) is 13.7. The predicted molar refractivity (Wildman–Crippen MR) is 159 cm³/mol. The molecule has 0 aromatic carbocycles. The molecule has 0 aromatic rings. The summed E-state index contributed by atoms with van der Waals surface area (Å²) in [4.78, 5) is 36.5. The van der Waals surface area contributed by atoms with Crippen molar-refractivity contribution in [1.82, 2.24) is 10.6 Å². The van der Waals surface area contributed by atoms with Crippen molar-refractivity contribution in [2.45, 2.75) is 85.3 Å². The molecule has 0 saturated carbocycles. The summed E-state index contributed by atoms with van der Waals surface area (Å²) in [7, 11) is 1.50. The number of carbonyl (C=O) groups is 3. The summed E-state index contributed by atoms with van der Waals surface area (Å²) in [6.07, 6.45) is 16.2. The van der Waals surface area contributed by atoms with Crippen LogP contribution in [0, 0.1) is 11.3 Å². The Morgan fingerprint density at radius 2 is 1.85 bits per heavy atom. The summed E-state index contributed by atoms with van der Waals surface area (Å²) in [5, 5.41) is 15.4. The van der Waals surface area contributed by atoms with Gasteiger partial charge in [0.1, 0.15) is 17.9 Å². The topological polar surface area (TPSA) is 149 Å². The van der Waals surface area contributed by atoms with Crippen LogP contribution in [0.2, 0.25) is 0 Å². The third kappa shape index (κ3) is 14.0. The van der Waals surface area contributed by atoms with E-state index >= 15 is 0 Å². The third-order valence-electron chi connectivity index (χ3n) is 6.24. The molecule has 0 radical (unpaired) electrons. The predicted octanol–water partition coefficient (Wildman–Crippen LogP) is 4.30. The van der Waals surface area contributed by atoms with Crippen LogP contribution in [0.4, 0.5) is 4.79 Å². The fraction of sp³-hybridized carbons (Fsp3) is 0.516. The van der Waals surface area contributed by atoms with Gasteiger partial charge in [-0.2, -0.15) is 0 Å². The molecule has 1 aliphatic heterocycles. The highest BCUT2D eigenvalue weighted by atomic mass is 16.6. The van der Waals surface area contributed by atoms with Crippen LogP contribution in [-0.2, 0) is 23.8 Å². The average molecular weight is 574 g/mol. The van der Waals surface area contributed by atoms with Crippen LogP contribution in [0.5, 0.6) is 0 Å². The Labute approximate surface area is 244 Å². The maximum Gasteiger partial charge on any atom is 0.404 e. The van der Waals surface area contributed by atoms with Crippen LogP contribution in [0.1, 0.15) is 60.8 Å². The molecule has 0 aliphatic carbocycles. The van der Waals surface area contributed by atoms with Crippen molar-refractivity contribution in [3.8, 4) is 0 Å². The van der Waals surface area contributed by atoms with E-state index in [0.29, 0.717) is 25.0 Å². The number of allylic oxidation sites excluding steroid dienone is 5. The van der Waals surface area contributed by atoms with Gasteiger partial charge in [-0.05, 0) is 38.0 Å². The van der Waals surface area contributed by atoms with Crippen molar-refractivity contribution in [2.24, 2.45) is 17.1 Å². The zero-order chi connectivity index (χ0) is 31.0. The molecule has 1 rings (SSSR count). The van der Waals surface area contributed by atoms with Gasteiger partial charge in [0.2, 0.25) is 18.1 Å². The van der Waals surface area contributed by atoms with Crippen molar-refractivity contribution >= 4 is 17.9 Å². The second-order valence-electron chi connectivity index (χ2n) is 10.9. The fourth-order valence-corrected chi connectivity index (χ4v) is 4.03. The second kappa shape index (κ2) is 17.9. The van der Waals surface area contributed by atoms with Crippen LogP contribution < -0.4 is 16.4 Å². The van der Waals surface area contributed by atoms with E-state index in [9.17, 15) is 19.5 Å². The summed E-state index contributed by atoms with van der Waals surface area (Å²) in [5.74, 6) is -0.315. The smallest absolute Gasteiger partial charge is 0.404 e. The standard InChI is InChI=1S/C31H47N3O7/c1-8-9-14-23(40-30(32)38)15-12-19-33-28(36)27(31(4,5)6)34-26(35)16-11-10-13-21(2)20-22(3)24-17-18-25(39-7)29(37)41-24/h8-13,16,18-20,22-24,27,29,37H,14-15,17H2,1-7H3,(H2,32,38)(H,33,36)(H,34,35)/b9-8-,13-10-,16-11-,19-12-,21-20+/t22-,23-,24-,27+,29+/m0/s1. The molecule has 0 spiro atoms. The molecule has 1 aliphatic rings. The number of ether oxygens (including phenoxy) is 3. The van der Waals surface area contributed by atoms with Gasteiger partial charge in [-0.25, -0.2) is 4.79 Å². The number of hydrogen-bond donors (Lipinski definition) is 4. The van der Waals surface area contributed by atoms with E-state index in [4.69, 9.17) is 19.9 Å². The number of carbonyl (C=O) groups excluding carboxylic acids is 3. The minimum atomic E-state index is -1.06. The van der Waals surface area contributed by atoms with E-state index in [1.54, 1.807) is 18.2 Å². The zero-order valence-electron chi connectivity index (χ0n) is 25.3. The lowest BCUT2D eigenvalue weighted by molar-refractivity contribution is -0.150. The summed E-state index contributed by atoms with van der Waals surface area (Å²) >= 11 is 0. The lowest BCUT2D eigenvalue weighted by Crippen LogP contribution is -2.52. The van der Waals surface area contributed by atoms with Crippen molar-refractivity contribution in [3.63, 3.8) is 0 Å². The van der Waals surface area contributed by atoms with E-state index < -0.39 is 35.9 Å². The maximum absolute atomic E-state index is 12.9. The highest BCUT2D eigenvalue weighted by Crippen LogP contribution is 2.25. The van der Waals surface area contributed by atoms with E-state index in [1.807, 2.05) is 71.9 Å². The summed E-state index contributed by atoms with van der Waals surface area (Å²) in [6.45, 7) is 11.4. The molecule has 0 unspecified atom stereocenters. The van der Waals surface area contributed by atoms with E-state index in [-0.39, 0.29) is 17.9 Å². The Morgan fingerprint density at radius 1 is 1.20 bits per heavy atom. The zero-order valence-corrected chi connectivity index (χ0v) is 25.3. The molecule has 0 aromatic heterocycles. The molecule has 10 heteroatoms. The molecular formula is C31H47N3O7. The normalized spacial score (nSPS) is 20.7. The van der Waals surface area contributed by atoms with Gasteiger partial charge >= 0.3 is 6.09 Å². The number of primary amides is 1. The largest absolute Gasteiger partial charge is 0.496 e. The molecule has 0 bridgehead atoms. The van der Waals surface area contributed by atoms with Crippen LogP contribution in [0.15, 0.2) is 72.2 Å². The molecule has 1 heterocycles. The highest BCUT2D eigenvalue weighted by Gasteiger charge is 2.32. The molecule has 0 fully saturated rings. The van der Waals surface area contributed by atoms with Gasteiger partial charge in [0.15, 0.2) is 0 Å². The minimum absolute atomic E-state index is 0.0473. The number of aliphatic hydroxyl groups excluding tert-OH is 1. The molecule has 3 amide bonds. The van der Waals surface area contributed by atoms with Crippen molar-refractivity contribution in [3.05, 3.63) is 72.2 Å². The first-order chi connectivity index (χ1) is 19.3. The average Bonchev–Trinajstić information content (AvgIpc) is 2.89. The van der Waals surface area contributed by atoms with Crippen molar-refractivity contribution < 1.29 is 33.7 Å². The van der Waals surface area contributed by atoms with Gasteiger partial charge in [-0.15, -0.1) is 0 Å². The summed E-state index contributed by atoms with van der Waals surface area (Å²) in [5.41, 5.74) is 5.54. The molecule has 0 saturated heterocycles. The molecule has 41 heavy (non-hydrogen) atoms. The Kier molecular flexibility index (Phi) is 15.5. The molecule has 5 N–H and O–H groups in total. The Bertz CT molecular complexity index is 1050. The van der Waals surface area contributed by atoms with Crippen LogP contribution in [0.3, 0.4) is 0 Å². The number of amides is 3. The SMILES string of the molecule is C/C=C\C[C@@H](C/C=C\NC(=O)[C@@H](NC(=O)\C=C/C=C\C(C)=C\[C@H](C)[C@@H]1CC=C(OC)[C@H](O)O1)C(C)(C)C)OC(N)=O. The number of nitrogens with two attached hydrogens (primary N) is 1. The van der Waals surface area contributed by atoms with Crippen LogP contribution >= 0.6 is 0 Å².